The van der Waals surface area contributed by atoms with E-state index >= 15 is 0 Å². The van der Waals surface area contributed by atoms with E-state index in [0.29, 0.717) is 0 Å². The molecule has 1 unspecified atom stereocenters. The highest BCUT2D eigenvalue weighted by Crippen LogP contribution is 2.13. The van der Waals surface area contributed by atoms with Crippen LogP contribution < -0.4 is 0 Å². The smallest absolute Gasteiger partial charge is 0.154 e. The Hall–Kier alpha value is 0.250. The van der Waals surface area contributed by atoms with E-state index in [1.54, 1.807) is 0 Å². The second-order valence-electron chi connectivity index (χ2n) is 5.66. The van der Waals surface area contributed by atoms with Gasteiger partial charge in [-0.1, -0.05) is 57.6 Å². The van der Waals surface area contributed by atoms with Gasteiger partial charge in [0.15, 0.2) is 6.00 Å². The third-order valence-corrected chi connectivity index (χ3v) is 4.22. The molecule has 1 nitrogen and oxygen atoms in total. The zero-order valence-corrected chi connectivity index (χ0v) is 13.1. The zero-order valence-electron chi connectivity index (χ0n) is 12.3. The molecule has 0 heterocycles. The molecule has 0 N–H and O–H groups in total. The molecule has 0 saturated carbocycles. The molecule has 0 rings (SSSR count). The second kappa shape index (κ2) is 11.3. The first kappa shape index (κ1) is 17.2. The molecule has 0 radical (unpaired) electrons. The summed E-state index contributed by atoms with van der Waals surface area (Å²) in [6.07, 6.45) is 12.3. The Morgan fingerprint density at radius 3 is 1.65 bits per heavy atom. The number of alkyl halides is 1. The highest BCUT2D eigenvalue weighted by atomic mass is 35.5. The van der Waals surface area contributed by atoms with Gasteiger partial charge in [0.2, 0.25) is 0 Å². The Morgan fingerprint density at radius 1 is 0.706 bits per heavy atom. The van der Waals surface area contributed by atoms with Gasteiger partial charge in [0.1, 0.15) is 0 Å². The topological polar surface area (TPSA) is 0 Å². The number of halogens is 1. The molecule has 0 aromatic carbocycles. The summed E-state index contributed by atoms with van der Waals surface area (Å²) in [5, 5.41) is 0. The Labute approximate surface area is 114 Å². The van der Waals surface area contributed by atoms with E-state index in [9.17, 15) is 0 Å². The van der Waals surface area contributed by atoms with E-state index in [4.69, 9.17) is 11.6 Å². The minimum Gasteiger partial charge on any atom is -0.313 e. The number of unbranched alkanes of at least 4 members (excludes halogenated alkanes) is 7. The van der Waals surface area contributed by atoms with E-state index in [1.807, 2.05) is 0 Å². The lowest BCUT2D eigenvalue weighted by molar-refractivity contribution is -0.899. The average Bonchev–Trinajstić information content (AvgIpc) is 2.34. The van der Waals surface area contributed by atoms with Crippen molar-refractivity contribution in [2.24, 2.45) is 0 Å². The summed E-state index contributed by atoms with van der Waals surface area (Å²) in [5.74, 6) is 0. The Kier molecular flexibility index (Phi) is 11.5. The van der Waals surface area contributed by atoms with Crippen LogP contribution in [-0.2, 0) is 0 Å². The Morgan fingerprint density at radius 2 is 1.12 bits per heavy atom. The second-order valence-corrected chi connectivity index (χ2v) is 5.90. The predicted molar refractivity (Wildman–Crippen MR) is 79.5 cm³/mol. The van der Waals surface area contributed by atoms with Crippen molar-refractivity contribution in [2.75, 3.05) is 26.1 Å². The fraction of sp³-hybridized carbons (Fsp3) is 1.00. The van der Waals surface area contributed by atoms with Gasteiger partial charge in [-0.25, -0.2) is 0 Å². The van der Waals surface area contributed by atoms with Gasteiger partial charge in [0, 0.05) is 0 Å². The van der Waals surface area contributed by atoms with E-state index < -0.39 is 0 Å². The molecule has 0 fully saturated rings. The van der Waals surface area contributed by atoms with E-state index in [2.05, 4.69) is 20.9 Å². The fourth-order valence-corrected chi connectivity index (χ4v) is 2.49. The van der Waals surface area contributed by atoms with Crippen molar-refractivity contribution in [3.63, 3.8) is 0 Å². The highest BCUT2D eigenvalue weighted by molar-refractivity contribution is 6.16. The van der Waals surface area contributed by atoms with Crippen LogP contribution >= 0.6 is 11.6 Å². The lowest BCUT2D eigenvalue weighted by Crippen LogP contribution is -2.44. The number of rotatable bonds is 12. The van der Waals surface area contributed by atoms with Gasteiger partial charge in [0.05, 0.1) is 20.1 Å². The lowest BCUT2D eigenvalue weighted by Gasteiger charge is -2.32. The molecule has 0 aliphatic heterocycles. The molecule has 0 aromatic rings. The maximum absolute atomic E-state index is 6.12. The molecular formula is C15H33ClN+. The van der Waals surface area contributed by atoms with Crippen LogP contribution in [0.5, 0.6) is 0 Å². The largest absolute Gasteiger partial charge is 0.313 e. The SMILES string of the molecule is CCCCCCCC[N+](C)(CCl)CCCCC. The highest BCUT2D eigenvalue weighted by Gasteiger charge is 2.18. The summed E-state index contributed by atoms with van der Waals surface area (Å²) in [5.41, 5.74) is 0. The number of hydrogen-bond acceptors (Lipinski definition) is 0. The molecule has 0 spiro atoms. The molecule has 104 valence electrons. The van der Waals surface area contributed by atoms with Crippen LogP contribution in [-0.4, -0.2) is 30.6 Å². The third-order valence-electron chi connectivity index (χ3n) is 3.64. The fourth-order valence-electron chi connectivity index (χ4n) is 2.25. The molecule has 0 saturated heterocycles. The molecule has 0 aliphatic carbocycles. The summed E-state index contributed by atoms with van der Waals surface area (Å²) in [4.78, 5) is 0. The van der Waals surface area contributed by atoms with Crippen LogP contribution in [0.3, 0.4) is 0 Å². The minimum atomic E-state index is 0.776. The zero-order chi connectivity index (χ0) is 13.0. The van der Waals surface area contributed by atoms with Gasteiger partial charge >= 0.3 is 0 Å². The van der Waals surface area contributed by atoms with E-state index in [-0.39, 0.29) is 0 Å². The van der Waals surface area contributed by atoms with Crippen LogP contribution in [0, 0.1) is 0 Å². The van der Waals surface area contributed by atoms with Crippen molar-refractivity contribution in [1.29, 1.82) is 0 Å². The Balaban J connectivity index is 3.57. The molecule has 0 amide bonds. The maximum Gasteiger partial charge on any atom is 0.154 e. The molecule has 0 bridgehead atoms. The van der Waals surface area contributed by atoms with Crippen molar-refractivity contribution in [1.82, 2.24) is 0 Å². The first-order valence-electron chi connectivity index (χ1n) is 7.58. The molecule has 2 heteroatoms. The standard InChI is InChI=1S/C15H33ClN/c1-4-6-8-9-10-12-14-17(3,15-16)13-11-7-5-2/h4-15H2,1-3H3/q+1. The van der Waals surface area contributed by atoms with Crippen LogP contribution in [0.2, 0.25) is 0 Å². The monoisotopic (exact) mass is 262 g/mol. The summed E-state index contributed by atoms with van der Waals surface area (Å²) < 4.78 is 1.06. The van der Waals surface area contributed by atoms with Crippen LogP contribution in [0.4, 0.5) is 0 Å². The van der Waals surface area contributed by atoms with Crippen molar-refractivity contribution in [2.45, 2.75) is 71.6 Å². The van der Waals surface area contributed by atoms with Crippen molar-refractivity contribution in [3.8, 4) is 0 Å². The van der Waals surface area contributed by atoms with Crippen molar-refractivity contribution < 1.29 is 4.48 Å². The Bertz CT molecular complexity index is 161. The number of quaternary nitrogens is 1. The van der Waals surface area contributed by atoms with Crippen molar-refractivity contribution >= 4 is 11.6 Å². The van der Waals surface area contributed by atoms with Crippen LogP contribution in [0.25, 0.3) is 0 Å². The van der Waals surface area contributed by atoms with Gasteiger partial charge in [-0.3, -0.25) is 0 Å². The molecule has 17 heavy (non-hydrogen) atoms. The minimum absolute atomic E-state index is 0.776. The molecule has 0 aromatic heterocycles. The lowest BCUT2D eigenvalue weighted by atomic mass is 10.1. The van der Waals surface area contributed by atoms with Crippen LogP contribution in [0.15, 0.2) is 0 Å². The van der Waals surface area contributed by atoms with E-state index in [1.165, 1.54) is 70.9 Å². The summed E-state index contributed by atoms with van der Waals surface area (Å²) in [6.45, 7) is 7.06. The quantitative estimate of drug-likeness (QED) is 0.197. The van der Waals surface area contributed by atoms with Gasteiger partial charge < -0.3 is 4.48 Å². The summed E-state index contributed by atoms with van der Waals surface area (Å²) in [7, 11) is 2.31. The van der Waals surface area contributed by atoms with Gasteiger partial charge in [-0.05, 0) is 25.7 Å². The number of nitrogens with zero attached hydrogens (tertiary/aromatic N) is 1. The molecule has 0 aliphatic rings. The summed E-state index contributed by atoms with van der Waals surface area (Å²) in [6, 6.07) is 0.776. The maximum atomic E-state index is 6.12. The third kappa shape index (κ3) is 9.91. The molecular weight excluding hydrogens is 230 g/mol. The van der Waals surface area contributed by atoms with Crippen molar-refractivity contribution in [3.05, 3.63) is 0 Å². The molecule has 1 atom stereocenters. The van der Waals surface area contributed by atoms with Crippen LogP contribution in [0.1, 0.15) is 71.6 Å². The first-order valence-corrected chi connectivity index (χ1v) is 8.11. The predicted octanol–water partition coefficient (Wildman–Crippen LogP) is 5.18. The number of hydrogen-bond donors (Lipinski definition) is 0. The normalized spacial score (nSPS) is 14.8. The first-order chi connectivity index (χ1) is 8.18. The summed E-state index contributed by atoms with van der Waals surface area (Å²) >= 11 is 6.12. The van der Waals surface area contributed by atoms with Gasteiger partial charge in [-0.2, -0.15) is 0 Å². The average molecular weight is 263 g/mol. The van der Waals surface area contributed by atoms with Gasteiger partial charge in [-0.15, -0.1) is 0 Å². The van der Waals surface area contributed by atoms with Gasteiger partial charge in [0.25, 0.3) is 0 Å². The van der Waals surface area contributed by atoms with E-state index in [0.717, 1.165) is 10.5 Å².